The van der Waals surface area contributed by atoms with Gasteiger partial charge in [-0.25, -0.2) is 9.78 Å². The van der Waals surface area contributed by atoms with E-state index in [-0.39, 0.29) is 11.4 Å². The Labute approximate surface area is 127 Å². The first-order valence-corrected chi connectivity index (χ1v) is 8.11. The van der Waals surface area contributed by atoms with E-state index in [1.807, 2.05) is 0 Å². The lowest BCUT2D eigenvalue weighted by Crippen LogP contribution is -2.43. The summed E-state index contributed by atoms with van der Waals surface area (Å²) in [7, 11) is -2.41. The number of para-hydroxylation sites is 1. The van der Waals surface area contributed by atoms with Gasteiger partial charge in [0, 0.05) is 13.5 Å². The molecule has 0 aliphatic carbocycles. The van der Waals surface area contributed by atoms with Crippen LogP contribution in [0.5, 0.6) is 0 Å². The lowest BCUT2D eigenvalue weighted by Gasteiger charge is -2.24. The standard InChI is InChI=1S/C14H15N3O4S/c1-9-15-8-13(16(9)2)22(20,21)17-11-6-4-3-5-10(11)7-12(17)14(18)19/h3-6,8,12H,7H2,1-2H3,(H,18,19). The molecule has 1 aliphatic heterocycles. The van der Waals surface area contributed by atoms with Gasteiger partial charge in [0.2, 0.25) is 0 Å². The molecule has 0 saturated heterocycles. The maximum atomic E-state index is 12.9. The van der Waals surface area contributed by atoms with Gasteiger partial charge in [-0.2, -0.15) is 8.42 Å². The second-order valence-corrected chi connectivity index (χ2v) is 6.95. The molecule has 0 bridgehead atoms. The predicted molar refractivity (Wildman–Crippen MR) is 79.2 cm³/mol. The third-order valence-electron chi connectivity index (χ3n) is 3.91. The molecule has 0 amide bonds. The highest BCUT2D eigenvalue weighted by molar-refractivity contribution is 7.92. The van der Waals surface area contributed by atoms with Gasteiger partial charge in [0.25, 0.3) is 10.0 Å². The van der Waals surface area contributed by atoms with Gasteiger partial charge in [-0.05, 0) is 18.6 Å². The van der Waals surface area contributed by atoms with Gasteiger partial charge in [0.05, 0.1) is 11.9 Å². The van der Waals surface area contributed by atoms with Crippen molar-refractivity contribution in [3.05, 3.63) is 41.9 Å². The summed E-state index contributed by atoms with van der Waals surface area (Å²) in [5, 5.41) is 9.39. The highest BCUT2D eigenvalue weighted by atomic mass is 32.2. The molecule has 0 radical (unpaired) electrons. The Morgan fingerprint density at radius 1 is 1.36 bits per heavy atom. The van der Waals surface area contributed by atoms with E-state index in [4.69, 9.17) is 0 Å². The maximum absolute atomic E-state index is 12.9. The first-order valence-electron chi connectivity index (χ1n) is 6.67. The number of aryl methyl sites for hydroxylation is 1. The fourth-order valence-electron chi connectivity index (χ4n) is 2.66. The van der Waals surface area contributed by atoms with Crippen molar-refractivity contribution in [2.24, 2.45) is 7.05 Å². The summed E-state index contributed by atoms with van der Waals surface area (Å²) in [5.41, 5.74) is 1.12. The van der Waals surface area contributed by atoms with Gasteiger partial charge in [-0.15, -0.1) is 0 Å². The molecule has 1 aromatic carbocycles. The SMILES string of the molecule is Cc1ncc(S(=O)(=O)N2c3ccccc3CC2C(=O)O)n1C. The molecule has 0 spiro atoms. The number of aromatic nitrogens is 2. The lowest BCUT2D eigenvalue weighted by molar-refractivity contribution is -0.138. The zero-order valence-corrected chi connectivity index (χ0v) is 12.9. The van der Waals surface area contributed by atoms with Crippen molar-refractivity contribution in [3.8, 4) is 0 Å². The molecule has 0 saturated carbocycles. The van der Waals surface area contributed by atoms with Gasteiger partial charge in [-0.1, -0.05) is 18.2 Å². The summed E-state index contributed by atoms with van der Waals surface area (Å²) in [6.07, 6.45) is 1.41. The van der Waals surface area contributed by atoms with Gasteiger partial charge >= 0.3 is 5.97 Å². The smallest absolute Gasteiger partial charge is 0.327 e. The number of benzene rings is 1. The Kier molecular flexibility index (Phi) is 3.21. The minimum Gasteiger partial charge on any atom is -0.480 e. The molecule has 1 aromatic heterocycles. The number of aliphatic carboxylic acids is 1. The molecule has 1 unspecified atom stereocenters. The molecule has 116 valence electrons. The van der Waals surface area contributed by atoms with Crippen molar-refractivity contribution in [3.63, 3.8) is 0 Å². The number of hydrogen-bond acceptors (Lipinski definition) is 4. The van der Waals surface area contributed by atoms with Crippen LogP contribution in [0, 0.1) is 6.92 Å². The van der Waals surface area contributed by atoms with E-state index in [2.05, 4.69) is 4.98 Å². The van der Waals surface area contributed by atoms with Crippen molar-refractivity contribution in [2.45, 2.75) is 24.4 Å². The zero-order valence-electron chi connectivity index (χ0n) is 12.1. The molecule has 2 aromatic rings. The number of carbonyl (C=O) groups is 1. The van der Waals surface area contributed by atoms with Crippen LogP contribution in [0.2, 0.25) is 0 Å². The van der Waals surface area contributed by atoms with Gasteiger partial charge < -0.3 is 9.67 Å². The van der Waals surface area contributed by atoms with Gasteiger partial charge in [-0.3, -0.25) is 4.31 Å². The number of imidazole rings is 1. The van der Waals surface area contributed by atoms with Crippen LogP contribution < -0.4 is 4.31 Å². The molecular formula is C14H15N3O4S. The highest BCUT2D eigenvalue weighted by Crippen LogP contribution is 2.36. The van der Waals surface area contributed by atoms with E-state index in [0.29, 0.717) is 17.1 Å². The van der Waals surface area contributed by atoms with Crippen molar-refractivity contribution >= 4 is 21.7 Å². The first kappa shape index (κ1) is 14.6. The summed E-state index contributed by atoms with van der Waals surface area (Å²) in [4.78, 5) is 15.5. The average Bonchev–Trinajstić information content (AvgIpc) is 3.01. The molecule has 1 atom stereocenters. The van der Waals surface area contributed by atoms with E-state index in [9.17, 15) is 18.3 Å². The quantitative estimate of drug-likeness (QED) is 0.908. The predicted octanol–water partition coefficient (Wildman–Crippen LogP) is 0.933. The van der Waals surface area contributed by atoms with Crippen molar-refractivity contribution < 1.29 is 18.3 Å². The normalized spacial score (nSPS) is 17.5. The van der Waals surface area contributed by atoms with Gasteiger partial charge in [0.15, 0.2) is 5.03 Å². The van der Waals surface area contributed by atoms with E-state index < -0.39 is 22.0 Å². The van der Waals surface area contributed by atoms with Crippen LogP contribution in [-0.2, 0) is 28.3 Å². The van der Waals surface area contributed by atoms with E-state index in [0.717, 1.165) is 4.31 Å². The molecule has 8 heteroatoms. The number of carboxylic acid groups (broad SMARTS) is 1. The third kappa shape index (κ3) is 1.98. The van der Waals surface area contributed by atoms with Crippen LogP contribution >= 0.6 is 0 Å². The molecule has 1 aliphatic rings. The van der Waals surface area contributed by atoms with Crippen LogP contribution in [0.25, 0.3) is 0 Å². The van der Waals surface area contributed by atoms with Gasteiger partial charge in [0.1, 0.15) is 11.9 Å². The Hall–Kier alpha value is -2.35. The molecule has 7 nitrogen and oxygen atoms in total. The third-order valence-corrected chi connectivity index (χ3v) is 5.79. The summed E-state index contributed by atoms with van der Waals surface area (Å²) in [6, 6.07) is 5.69. The number of rotatable bonds is 3. The minimum absolute atomic E-state index is 0.0204. The maximum Gasteiger partial charge on any atom is 0.327 e. The first-order chi connectivity index (χ1) is 10.3. The Balaban J connectivity index is 2.19. The van der Waals surface area contributed by atoms with E-state index in [1.54, 1.807) is 38.2 Å². The van der Waals surface area contributed by atoms with E-state index in [1.165, 1.54) is 10.8 Å². The molecule has 3 rings (SSSR count). The number of fused-ring (bicyclic) bond motifs is 1. The Bertz CT molecular complexity index is 857. The fourth-order valence-corrected chi connectivity index (χ4v) is 4.47. The zero-order chi connectivity index (χ0) is 16.1. The number of carboxylic acids is 1. The molecule has 1 N–H and O–H groups in total. The summed E-state index contributed by atoms with van der Waals surface area (Å²) >= 11 is 0. The average molecular weight is 321 g/mol. The molecular weight excluding hydrogens is 306 g/mol. The Morgan fingerprint density at radius 2 is 2.05 bits per heavy atom. The number of anilines is 1. The van der Waals surface area contributed by atoms with E-state index >= 15 is 0 Å². The molecule has 0 fully saturated rings. The summed E-state index contributed by atoms with van der Waals surface area (Å²) < 4.78 is 28.3. The highest BCUT2D eigenvalue weighted by Gasteiger charge is 2.43. The van der Waals surface area contributed by atoms with Crippen molar-refractivity contribution in [2.75, 3.05) is 4.31 Å². The largest absolute Gasteiger partial charge is 0.480 e. The van der Waals surface area contributed by atoms with Crippen molar-refractivity contribution in [1.29, 1.82) is 0 Å². The minimum atomic E-state index is -4.00. The second-order valence-electron chi connectivity index (χ2n) is 5.19. The molecule has 2 heterocycles. The topological polar surface area (TPSA) is 92.5 Å². The van der Waals surface area contributed by atoms with Crippen LogP contribution in [0.15, 0.2) is 35.5 Å². The molecule has 22 heavy (non-hydrogen) atoms. The Morgan fingerprint density at radius 3 is 2.64 bits per heavy atom. The number of hydrogen-bond donors (Lipinski definition) is 1. The summed E-state index contributed by atoms with van der Waals surface area (Å²) in [5.74, 6) is -0.628. The van der Waals surface area contributed by atoms with Crippen LogP contribution in [0.3, 0.4) is 0 Å². The lowest BCUT2D eigenvalue weighted by atomic mass is 10.1. The van der Waals surface area contributed by atoms with Crippen molar-refractivity contribution in [1.82, 2.24) is 9.55 Å². The van der Waals surface area contributed by atoms with Crippen LogP contribution in [-0.4, -0.2) is 35.1 Å². The number of sulfonamides is 1. The van der Waals surface area contributed by atoms with Crippen LogP contribution in [0.1, 0.15) is 11.4 Å². The number of nitrogens with zero attached hydrogens (tertiary/aromatic N) is 3. The monoisotopic (exact) mass is 321 g/mol. The second kappa shape index (κ2) is 4.84. The van der Waals surface area contributed by atoms with Crippen LogP contribution in [0.4, 0.5) is 5.69 Å². The fraction of sp³-hybridized carbons (Fsp3) is 0.286. The summed E-state index contributed by atoms with van der Waals surface area (Å²) in [6.45, 7) is 1.69.